The molecule has 0 saturated carbocycles. The van der Waals surface area contributed by atoms with E-state index in [4.69, 9.17) is 4.99 Å². The first-order valence-electron chi connectivity index (χ1n) is 8.15. The summed E-state index contributed by atoms with van der Waals surface area (Å²) >= 11 is 1.64. The van der Waals surface area contributed by atoms with Crippen LogP contribution in [0, 0.1) is 0 Å². The molecule has 0 bridgehead atoms. The Labute approximate surface area is 150 Å². The van der Waals surface area contributed by atoms with Gasteiger partial charge in [0.25, 0.3) is 0 Å². The molecule has 2 aromatic carbocycles. The quantitative estimate of drug-likeness (QED) is 0.657. The smallest absolute Gasteiger partial charge is 0.135 e. The Morgan fingerprint density at radius 1 is 0.920 bits per heavy atom. The van der Waals surface area contributed by atoms with Gasteiger partial charge in [-0.25, -0.2) is 0 Å². The molecular formula is C20H18N2O2S. The number of aromatic hydroxyl groups is 2. The summed E-state index contributed by atoms with van der Waals surface area (Å²) < 4.78 is 0. The molecular weight excluding hydrogens is 332 g/mol. The van der Waals surface area contributed by atoms with Crippen LogP contribution in [0.3, 0.4) is 0 Å². The van der Waals surface area contributed by atoms with Gasteiger partial charge >= 0.3 is 0 Å². The van der Waals surface area contributed by atoms with Gasteiger partial charge < -0.3 is 10.2 Å². The van der Waals surface area contributed by atoms with E-state index in [-0.39, 0.29) is 23.7 Å². The molecule has 126 valence electrons. The van der Waals surface area contributed by atoms with Crippen molar-refractivity contribution in [3.05, 3.63) is 82.0 Å². The van der Waals surface area contributed by atoms with Crippen molar-refractivity contribution in [3.63, 3.8) is 0 Å². The zero-order chi connectivity index (χ0) is 17.2. The fraction of sp³-hybridized carbons (Fsp3) is 0.150. The molecule has 0 unspecified atom stereocenters. The van der Waals surface area contributed by atoms with Crippen LogP contribution in [-0.4, -0.2) is 15.9 Å². The van der Waals surface area contributed by atoms with Crippen LogP contribution in [0.1, 0.15) is 34.6 Å². The lowest BCUT2D eigenvalue weighted by Gasteiger charge is -2.30. The van der Waals surface area contributed by atoms with Gasteiger partial charge in [-0.15, -0.1) is 11.3 Å². The highest BCUT2D eigenvalue weighted by Gasteiger charge is 2.28. The average Bonchev–Trinajstić information content (AvgIpc) is 3.17. The molecule has 1 aromatic heterocycles. The molecule has 2 heterocycles. The van der Waals surface area contributed by atoms with Crippen LogP contribution in [0.15, 0.2) is 71.0 Å². The fourth-order valence-electron chi connectivity index (χ4n) is 3.16. The van der Waals surface area contributed by atoms with E-state index in [0.29, 0.717) is 6.42 Å². The Kier molecular flexibility index (Phi) is 4.26. The minimum atomic E-state index is -0.201. The van der Waals surface area contributed by atoms with E-state index >= 15 is 0 Å². The van der Waals surface area contributed by atoms with Gasteiger partial charge in [-0.3, -0.25) is 10.3 Å². The highest BCUT2D eigenvalue weighted by Crippen LogP contribution is 2.36. The maximum atomic E-state index is 10.3. The largest absolute Gasteiger partial charge is 0.508 e. The van der Waals surface area contributed by atoms with Gasteiger partial charge in [-0.05, 0) is 29.6 Å². The zero-order valence-corrected chi connectivity index (χ0v) is 14.3. The third-order valence-electron chi connectivity index (χ3n) is 4.38. The summed E-state index contributed by atoms with van der Waals surface area (Å²) in [5.74, 6) is 0.493. The molecule has 4 nitrogen and oxygen atoms in total. The Morgan fingerprint density at radius 3 is 2.40 bits per heavy atom. The van der Waals surface area contributed by atoms with Crippen LogP contribution in [0.2, 0.25) is 0 Å². The third kappa shape index (κ3) is 3.16. The second-order valence-corrected chi connectivity index (χ2v) is 6.97. The molecule has 0 spiro atoms. The molecule has 0 radical (unpaired) electrons. The maximum Gasteiger partial charge on any atom is 0.135 e. The van der Waals surface area contributed by atoms with E-state index in [1.165, 1.54) is 0 Å². The first-order valence-corrected chi connectivity index (χ1v) is 9.03. The molecule has 1 aliphatic rings. The number of nitrogens with zero attached hydrogens (tertiary/aromatic N) is 1. The zero-order valence-electron chi connectivity index (χ0n) is 13.5. The van der Waals surface area contributed by atoms with Crippen LogP contribution < -0.4 is 5.32 Å². The fourth-order valence-corrected chi connectivity index (χ4v) is 3.88. The number of nitrogens with one attached hydrogen (secondary N) is 1. The molecule has 0 aliphatic carbocycles. The van der Waals surface area contributed by atoms with Crippen LogP contribution in [0.4, 0.5) is 0 Å². The first-order chi connectivity index (χ1) is 12.2. The van der Waals surface area contributed by atoms with Gasteiger partial charge in [0, 0.05) is 28.5 Å². The number of para-hydroxylation sites is 2. The molecule has 3 aromatic rings. The Morgan fingerprint density at radius 2 is 1.68 bits per heavy atom. The van der Waals surface area contributed by atoms with Gasteiger partial charge in [0.1, 0.15) is 17.7 Å². The second-order valence-electron chi connectivity index (χ2n) is 5.99. The molecule has 0 amide bonds. The van der Waals surface area contributed by atoms with Crippen molar-refractivity contribution in [2.24, 2.45) is 4.99 Å². The maximum absolute atomic E-state index is 10.3. The minimum absolute atomic E-state index is 0.0830. The third-order valence-corrected chi connectivity index (χ3v) is 5.31. The first kappa shape index (κ1) is 15.9. The number of aliphatic imine (C=N–C) groups is 1. The standard InChI is InChI=1S/C20H18N2O2S/c23-17-8-3-1-6-13(17)15-12-16(14-7-2-4-9-18(14)24)22-20(21-15)19-10-5-11-25-19/h1-11,15,20-21,23-24H,12H2/t15-,20+/m1/s1. The minimum Gasteiger partial charge on any atom is -0.508 e. The lowest BCUT2D eigenvalue weighted by atomic mass is 9.94. The molecule has 1 aliphatic heterocycles. The molecule has 5 heteroatoms. The molecule has 4 rings (SSSR count). The number of hydrogen-bond donors (Lipinski definition) is 3. The summed E-state index contributed by atoms with van der Waals surface area (Å²) in [4.78, 5) is 5.94. The van der Waals surface area contributed by atoms with Crippen molar-refractivity contribution < 1.29 is 10.2 Å². The van der Waals surface area contributed by atoms with Gasteiger partial charge in [0.05, 0.1) is 5.71 Å². The van der Waals surface area contributed by atoms with Crippen molar-refractivity contribution >= 4 is 17.0 Å². The van der Waals surface area contributed by atoms with Crippen molar-refractivity contribution in [1.82, 2.24) is 5.32 Å². The van der Waals surface area contributed by atoms with Crippen LogP contribution in [0.5, 0.6) is 11.5 Å². The average molecular weight is 350 g/mol. The summed E-state index contributed by atoms with van der Waals surface area (Å²) in [6.45, 7) is 0. The van der Waals surface area contributed by atoms with Crippen molar-refractivity contribution in [2.75, 3.05) is 0 Å². The number of benzene rings is 2. The summed E-state index contributed by atoms with van der Waals surface area (Å²) in [5, 5.41) is 26.0. The number of thiophene rings is 1. The van der Waals surface area contributed by atoms with E-state index < -0.39 is 0 Å². The van der Waals surface area contributed by atoms with E-state index in [1.54, 1.807) is 29.5 Å². The van der Waals surface area contributed by atoms with Gasteiger partial charge in [-0.2, -0.15) is 0 Å². The van der Waals surface area contributed by atoms with Gasteiger partial charge in [0.2, 0.25) is 0 Å². The predicted octanol–water partition coefficient (Wildman–Crippen LogP) is 4.38. The predicted molar refractivity (Wildman–Crippen MR) is 100 cm³/mol. The van der Waals surface area contributed by atoms with Gasteiger partial charge in [-0.1, -0.05) is 36.4 Å². The normalized spacial score (nSPS) is 20.2. The highest BCUT2D eigenvalue weighted by molar-refractivity contribution is 7.10. The highest BCUT2D eigenvalue weighted by atomic mass is 32.1. The number of hydrogen-bond acceptors (Lipinski definition) is 5. The monoisotopic (exact) mass is 350 g/mol. The van der Waals surface area contributed by atoms with E-state index in [0.717, 1.165) is 21.7 Å². The van der Waals surface area contributed by atoms with Crippen LogP contribution in [-0.2, 0) is 0 Å². The van der Waals surface area contributed by atoms with E-state index in [1.807, 2.05) is 47.8 Å². The van der Waals surface area contributed by atoms with E-state index in [2.05, 4.69) is 5.32 Å². The van der Waals surface area contributed by atoms with E-state index in [9.17, 15) is 10.2 Å². The Bertz CT molecular complexity index is 906. The lowest BCUT2D eigenvalue weighted by Crippen LogP contribution is -2.32. The Hall–Kier alpha value is -2.63. The number of phenolic OH excluding ortho intramolecular Hbond substituents is 2. The Balaban J connectivity index is 1.77. The lowest BCUT2D eigenvalue weighted by molar-refractivity contribution is 0.414. The summed E-state index contributed by atoms with van der Waals surface area (Å²) in [7, 11) is 0. The summed E-state index contributed by atoms with van der Waals surface area (Å²) in [6.07, 6.45) is 0.393. The molecule has 0 saturated heterocycles. The molecule has 0 fully saturated rings. The molecule has 3 N–H and O–H groups in total. The molecule has 2 atom stereocenters. The van der Waals surface area contributed by atoms with Gasteiger partial charge in [0.15, 0.2) is 0 Å². The number of rotatable bonds is 3. The van der Waals surface area contributed by atoms with Crippen LogP contribution >= 0.6 is 11.3 Å². The topological polar surface area (TPSA) is 64.9 Å². The van der Waals surface area contributed by atoms with Crippen LogP contribution in [0.25, 0.3) is 0 Å². The van der Waals surface area contributed by atoms with Crippen molar-refractivity contribution in [2.45, 2.75) is 18.6 Å². The second kappa shape index (κ2) is 6.70. The molecule has 25 heavy (non-hydrogen) atoms. The summed E-state index contributed by atoms with van der Waals surface area (Å²) in [5.41, 5.74) is 2.42. The SMILES string of the molecule is Oc1ccccc1C1=N[C@@H](c2cccs2)N[C@@H](c2ccccc2O)C1. The number of phenols is 2. The van der Waals surface area contributed by atoms with Crippen molar-refractivity contribution in [3.8, 4) is 11.5 Å². The summed E-state index contributed by atoms with van der Waals surface area (Å²) in [6, 6.07) is 18.6. The van der Waals surface area contributed by atoms with Crippen molar-refractivity contribution in [1.29, 1.82) is 0 Å².